The highest BCUT2D eigenvalue weighted by molar-refractivity contribution is 7.33. The average Bonchev–Trinajstić information content (AvgIpc) is 3.58. The molecule has 0 aliphatic carbocycles. The molecule has 0 amide bonds. The largest absolute Gasteiger partial charge is 0.476 e. The van der Waals surface area contributed by atoms with Crippen LogP contribution in [0.15, 0.2) is 114 Å². The topological polar surface area (TPSA) is 11.9 Å². The van der Waals surface area contributed by atoms with Crippen molar-refractivity contribution >= 4 is 26.8 Å². The first-order valence-corrected chi connectivity index (χ1v) is 13.1. The number of pyridine rings is 2. The molecule has 162 valence electrons. The minimum absolute atomic E-state index is 0.573. The van der Waals surface area contributed by atoms with Crippen molar-refractivity contribution in [1.82, 2.24) is 0 Å². The molecule has 1 aliphatic heterocycles. The second-order valence-electron chi connectivity index (χ2n) is 8.60. The van der Waals surface area contributed by atoms with E-state index in [1.807, 2.05) is 11.3 Å². The van der Waals surface area contributed by atoms with Crippen molar-refractivity contribution in [3.05, 3.63) is 131 Å². The van der Waals surface area contributed by atoms with Crippen molar-refractivity contribution in [3.63, 3.8) is 0 Å². The van der Waals surface area contributed by atoms with E-state index < -0.39 is 5.66 Å². The van der Waals surface area contributed by atoms with Gasteiger partial charge in [0.2, 0.25) is 0 Å². The predicted octanol–water partition coefficient (Wildman–Crippen LogP) is 5.38. The minimum Gasteiger partial charge on any atom is -0.131 e. The summed E-state index contributed by atoms with van der Waals surface area (Å²) in [7, 11) is 0. The average molecular weight is 477 g/mol. The molecule has 0 radical (unpaired) electrons. The van der Waals surface area contributed by atoms with Gasteiger partial charge in [-0.25, -0.2) is 0 Å². The summed E-state index contributed by atoms with van der Waals surface area (Å²) >= 11 is 3.60. The summed E-state index contributed by atoms with van der Waals surface area (Å²) in [6, 6.07) is 30.6. The monoisotopic (exact) mass is 476 g/mol. The molecule has 0 fully saturated rings. The molecular weight excluding hydrogens is 454 g/mol. The molecule has 0 unspecified atom stereocenters. The third-order valence-electron chi connectivity index (χ3n) is 6.88. The van der Waals surface area contributed by atoms with Crippen LogP contribution in [0.2, 0.25) is 0 Å². The van der Waals surface area contributed by atoms with Gasteiger partial charge in [0.25, 0.3) is 11.4 Å². The van der Waals surface area contributed by atoms with E-state index >= 15 is 0 Å². The van der Waals surface area contributed by atoms with Gasteiger partial charge in [0.05, 0.1) is 10.8 Å². The number of thiazole rings is 2. The first kappa shape index (κ1) is 19.8. The normalized spacial score (nSPS) is 13.7. The van der Waals surface area contributed by atoms with Crippen molar-refractivity contribution < 1.29 is 13.5 Å². The molecule has 4 aromatic heterocycles. The molecule has 6 aromatic rings. The molecule has 0 bridgehead atoms. The first-order chi connectivity index (χ1) is 16.8. The fraction of sp³-hybridized carbons (Fsp3) is 0.0690. The third kappa shape index (κ3) is 2.54. The van der Waals surface area contributed by atoms with Gasteiger partial charge < -0.3 is 0 Å². The van der Waals surface area contributed by atoms with E-state index in [2.05, 4.69) is 135 Å². The Morgan fingerprint density at radius 3 is 2.03 bits per heavy atom. The fourth-order valence-corrected chi connectivity index (χ4v) is 7.34. The maximum absolute atomic E-state index is 2.45. The molecule has 0 saturated heterocycles. The summed E-state index contributed by atoms with van der Waals surface area (Å²) < 4.78 is 8.55. The molecule has 5 heterocycles. The minimum atomic E-state index is -0.573. The van der Waals surface area contributed by atoms with Crippen LogP contribution < -0.4 is 13.5 Å². The van der Waals surface area contributed by atoms with E-state index in [0.717, 1.165) is 0 Å². The summed E-state index contributed by atoms with van der Waals surface area (Å²) in [6.07, 6.45) is 6.66. The molecule has 1 aliphatic rings. The Morgan fingerprint density at radius 1 is 0.647 bits per heavy atom. The fourth-order valence-electron chi connectivity index (χ4n) is 5.47. The lowest BCUT2D eigenvalue weighted by molar-refractivity contribution is -0.948. The van der Waals surface area contributed by atoms with Gasteiger partial charge in [0.15, 0.2) is 18.6 Å². The molecule has 3 nitrogen and oxygen atoms in total. The van der Waals surface area contributed by atoms with Gasteiger partial charge in [-0.2, -0.15) is 0 Å². The number of hydrogen-bond acceptors (Lipinski definition) is 2. The Hall–Kier alpha value is -3.67. The zero-order valence-electron chi connectivity index (χ0n) is 18.6. The maximum atomic E-state index is 2.45. The number of rotatable bonds is 3. The lowest BCUT2D eigenvalue weighted by Crippen LogP contribution is -2.72. The Kier molecular flexibility index (Phi) is 4.31. The van der Waals surface area contributed by atoms with E-state index in [1.165, 1.54) is 43.5 Å². The van der Waals surface area contributed by atoms with Crippen LogP contribution in [0.4, 0.5) is 0 Å². The number of benzene rings is 2. The lowest BCUT2D eigenvalue weighted by atomic mass is 9.86. The summed E-state index contributed by atoms with van der Waals surface area (Å²) in [5.41, 5.74) is 8.13. The quantitative estimate of drug-likeness (QED) is 0.304. The van der Waals surface area contributed by atoms with Crippen molar-refractivity contribution in [2.75, 3.05) is 0 Å². The highest BCUT2D eigenvalue weighted by atomic mass is 32.2. The molecule has 0 spiro atoms. The van der Waals surface area contributed by atoms with Crippen LogP contribution in [0.25, 0.3) is 26.7 Å². The van der Waals surface area contributed by atoms with Gasteiger partial charge in [-0.1, -0.05) is 65.1 Å². The lowest BCUT2D eigenvalue weighted by Gasteiger charge is -2.20. The predicted molar refractivity (Wildman–Crippen MR) is 136 cm³/mol. The highest BCUT2D eigenvalue weighted by Crippen LogP contribution is 2.40. The SMILES string of the molecule is Cc1ccccc1-c1ccccc1C1(c2csc3scc[n+]23)[n+]2ccccc2-c2cccc[n+]21. The molecular formula is C29H22N3S2+3. The van der Waals surface area contributed by atoms with Crippen molar-refractivity contribution in [1.29, 1.82) is 0 Å². The van der Waals surface area contributed by atoms with Crippen LogP contribution in [0.1, 0.15) is 16.8 Å². The van der Waals surface area contributed by atoms with Gasteiger partial charge in [0, 0.05) is 29.8 Å². The maximum Gasteiger partial charge on any atom is 0.476 e. The number of fused-ring (bicyclic) bond motifs is 4. The van der Waals surface area contributed by atoms with E-state index in [1.54, 1.807) is 11.3 Å². The van der Waals surface area contributed by atoms with Crippen molar-refractivity contribution in [2.24, 2.45) is 0 Å². The summed E-state index contributed by atoms with van der Waals surface area (Å²) in [5, 5.41) is 4.51. The Bertz CT molecular complexity index is 1650. The highest BCUT2D eigenvalue weighted by Gasteiger charge is 2.68. The van der Waals surface area contributed by atoms with Crippen molar-refractivity contribution in [3.8, 4) is 22.5 Å². The number of nitrogens with zero attached hydrogens (tertiary/aromatic N) is 3. The molecule has 2 aromatic carbocycles. The van der Waals surface area contributed by atoms with E-state index in [9.17, 15) is 0 Å². The van der Waals surface area contributed by atoms with Gasteiger partial charge in [-0.05, 0) is 36.2 Å². The standard InChI is InChI=1S/C29H22N3S2/c1-21-10-2-3-11-22(21)23-12-4-5-13-24(23)29(27-20-34-28-30(27)18-19-33-28)31-16-8-6-14-25(31)26-15-7-9-17-32(26)29/h2-20H,1H3/q+3. The third-order valence-corrected chi connectivity index (χ3v) is 8.85. The zero-order valence-corrected chi connectivity index (χ0v) is 20.3. The molecule has 5 heteroatoms. The van der Waals surface area contributed by atoms with Gasteiger partial charge >= 0.3 is 15.5 Å². The molecule has 0 atom stereocenters. The zero-order chi connectivity index (χ0) is 22.7. The molecule has 34 heavy (non-hydrogen) atoms. The van der Waals surface area contributed by atoms with E-state index in [0.29, 0.717) is 0 Å². The van der Waals surface area contributed by atoms with Gasteiger partial charge in [0.1, 0.15) is 5.56 Å². The van der Waals surface area contributed by atoms with Crippen LogP contribution >= 0.6 is 22.7 Å². The van der Waals surface area contributed by atoms with Crippen LogP contribution in [-0.2, 0) is 5.66 Å². The Balaban J connectivity index is 1.70. The van der Waals surface area contributed by atoms with Crippen LogP contribution in [0.3, 0.4) is 0 Å². The summed E-state index contributed by atoms with van der Waals surface area (Å²) in [6.45, 7) is 2.20. The van der Waals surface area contributed by atoms with Crippen molar-refractivity contribution in [2.45, 2.75) is 12.6 Å². The Labute approximate surface area is 206 Å². The van der Waals surface area contributed by atoms with E-state index in [4.69, 9.17) is 0 Å². The summed E-state index contributed by atoms with van der Waals surface area (Å²) in [4.78, 5) is 0. The van der Waals surface area contributed by atoms with Gasteiger partial charge in [-0.15, -0.1) is 13.5 Å². The Morgan fingerprint density at radius 2 is 1.29 bits per heavy atom. The smallest absolute Gasteiger partial charge is 0.131 e. The number of hydrogen-bond donors (Lipinski definition) is 0. The van der Waals surface area contributed by atoms with Crippen LogP contribution in [-0.4, -0.2) is 0 Å². The second-order valence-corrected chi connectivity index (χ2v) is 10.6. The molecule has 0 saturated carbocycles. The first-order valence-electron chi connectivity index (χ1n) is 11.3. The molecule has 7 rings (SSSR count). The summed E-state index contributed by atoms with van der Waals surface area (Å²) in [5.74, 6) is 0. The second kappa shape index (κ2) is 7.42. The number of aryl methyl sites for hydroxylation is 1. The van der Waals surface area contributed by atoms with Crippen LogP contribution in [0, 0.1) is 6.92 Å². The molecule has 0 N–H and O–H groups in total. The van der Waals surface area contributed by atoms with Gasteiger partial charge in [-0.3, -0.25) is 0 Å². The van der Waals surface area contributed by atoms with Crippen LogP contribution in [0.5, 0.6) is 0 Å². The number of aromatic nitrogens is 3. The van der Waals surface area contributed by atoms with E-state index in [-0.39, 0.29) is 0 Å².